The Morgan fingerprint density at radius 3 is 2.37 bits per heavy atom. The van der Waals surface area contributed by atoms with Crippen molar-refractivity contribution in [1.82, 2.24) is 0 Å². The summed E-state index contributed by atoms with van der Waals surface area (Å²) < 4.78 is 0. The van der Waals surface area contributed by atoms with Crippen LogP contribution in [0.1, 0.15) is 17.4 Å². The van der Waals surface area contributed by atoms with Gasteiger partial charge in [-0.3, -0.25) is 9.59 Å². The molecule has 6 heteroatoms. The van der Waals surface area contributed by atoms with Crippen molar-refractivity contribution in [3.8, 4) is 0 Å². The van der Waals surface area contributed by atoms with Gasteiger partial charge in [-0.2, -0.15) is 0 Å². The second-order valence-corrected chi connectivity index (χ2v) is 8.21. The van der Waals surface area contributed by atoms with E-state index in [1.54, 1.807) is 6.07 Å². The summed E-state index contributed by atoms with van der Waals surface area (Å²) in [4.78, 5) is 30.8. The van der Waals surface area contributed by atoms with E-state index in [1.165, 1.54) is 21.8 Å². The number of amides is 2. The number of carbonyl (C=O) groups is 2. The Kier molecular flexibility index (Phi) is 5.42. The van der Waals surface area contributed by atoms with Crippen molar-refractivity contribution in [2.45, 2.75) is 13.3 Å². The summed E-state index contributed by atoms with van der Waals surface area (Å²) in [6.07, 6.45) is 0.941. The van der Waals surface area contributed by atoms with Crippen LogP contribution in [0.15, 0.2) is 71.7 Å². The third kappa shape index (κ3) is 3.62. The number of carbonyl (C=O) groups excluding carboxylic acids is 2. The molecular weight excluding hydrogens is 394 g/mol. The predicted molar refractivity (Wildman–Crippen MR) is 124 cm³/mol. The Bertz CT molecular complexity index is 1120. The summed E-state index contributed by atoms with van der Waals surface area (Å²) in [6, 6.07) is 19.1. The minimum absolute atomic E-state index is 0.307. The van der Waals surface area contributed by atoms with Crippen LogP contribution in [0.4, 0.5) is 17.1 Å². The van der Waals surface area contributed by atoms with Gasteiger partial charge in [-0.25, -0.2) is 4.90 Å². The monoisotopic (exact) mass is 417 g/mol. The highest BCUT2D eigenvalue weighted by atomic mass is 32.1. The minimum Gasteiger partial charge on any atom is -0.378 e. The van der Waals surface area contributed by atoms with E-state index in [2.05, 4.69) is 12.2 Å². The van der Waals surface area contributed by atoms with Crippen LogP contribution in [0.25, 0.3) is 5.57 Å². The summed E-state index contributed by atoms with van der Waals surface area (Å²) in [6.45, 7) is 2.10. The van der Waals surface area contributed by atoms with E-state index in [0.717, 1.165) is 22.7 Å². The van der Waals surface area contributed by atoms with Gasteiger partial charge in [0.25, 0.3) is 11.8 Å². The van der Waals surface area contributed by atoms with Crippen molar-refractivity contribution in [3.05, 3.63) is 82.2 Å². The van der Waals surface area contributed by atoms with Crippen LogP contribution in [-0.2, 0) is 16.0 Å². The quantitative estimate of drug-likeness (QED) is 0.587. The minimum atomic E-state index is -0.348. The normalized spacial score (nSPS) is 13.9. The summed E-state index contributed by atoms with van der Waals surface area (Å²) in [5.41, 5.74) is 4.18. The van der Waals surface area contributed by atoms with Gasteiger partial charge in [0.1, 0.15) is 5.70 Å². The average molecular weight is 418 g/mol. The number of thiophene rings is 1. The van der Waals surface area contributed by atoms with Crippen molar-refractivity contribution >= 4 is 45.8 Å². The lowest BCUT2D eigenvalue weighted by Gasteiger charge is -2.19. The molecule has 0 fully saturated rings. The van der Waals surface area contributed by atoms with E-state index < -0.39 is 0 Å². The van der Waals surface area contributed by atoms with Crippen molar-refractivity contribution < 1.29 is 9.59 Å². The maximum Gasteiger partial charge on any atom is 0.282 e. The highest BCUT2D eigenvalue weighted by molar-refractivity contribution is 7.11. The number of nitrogens with one attached hydrogen (secondary N) is 1. The SMILES string of the molecule is CCc1ccc(NC2=C(c3cccs3)C(=O)N(c3cccc(N(C)C)c3)C2=O)cc1. The van der Waals surface area contributed by atoms with Crippen LogP contribution in [0.2, 0.25) is 0 Å². The molecule has 152 valence electrons. The molecule has 30 heavy (non-hydrogen) atoms. The fourth-order valence-electron chi connectivity index (χ4n) is 3.41. The molecule has 4 rings (SSSR count). The molecule has 1 aliphatic rings. The topological polar surface area (TPSA) is 52.7 Å². The van der Waals surface area contributed by atoms with E-state index in [4.69, 9.17) is 0 Å². The first-order chi connectivity index (χ1) is 14.5. The maximum atomic E-state index is 13.4. The third-order valence-electron chi connectivity index (χ3n) is 5.09. The van der Waals surface area contributed by atoms with Gasteiger partial charge in [-0.05, 0) is 53.8 Å². The first kappa shape index (κ1) is 19.9. The molecule has 2 aromatic carbocycles. The lowest BCUT2D eigenvalue weighted by Crippen LogP contribution is -2.32. The Labute approximate surface area is 180 Å². The van der Waals surface area contributed by atoms with Crippen LogP contribution < -0.4 is 15.1 Å². The number of benzene rings is 2. The van der Waals surface area contributed by atoms with Gasteiger partial charge in [-0.15, -0.1) is 11.3 Å². The van der Waals surface area contributed by atoms with Gasteiger partial charge in [0.2, 0.25) is 0 Å². The Balaban J connectivity index is 1.75. The zero-order valence-electron chi connectivity index (χ0n) is 17.2. The standard InChI is InChI=1S/C24H23N3O2S/c1-4-16-10-12-17(13-11-16)25-22-21(20-9-6-14-30-20)23(28)27(24(22)29)19-8-5-7-18(15-19)26(2)3/h5-15,25H,4H2,1-3H3. The van der Waals surface area contributed by atoms with Crippen LogP contribution >= 0.6 is 11.3 Å². The molecule has 2 heterocycles. The molecule has 0 aliphatic carbocycles. The summed E-state index contributed by atoms with van der Waals surface area (Å²) >= 11 is 1.45. The molecule has 3 aromatic rings. The molecule has 1 aliphatic heterocycles. The summed E-state index contributed by atoms with van der Waals surface area (Å²) in [7, 11) is 3.85. The predicted octanol–water partition coefficient (Wildman–Crippen LogP) is 4.77. The lowest BCUT2D eigenvalue weighted by atomic mass is 10.1. The number of hydrogen-bond acceptors (Lipinski definition) is 5. The second kappa shape index (κ2) is 8.16. The van der Waals surface area contributed by atoms with Gasteiger partial charge >= 0.3 is 0 Å². The van der Waals surface area contributed by atoms with Crippen LogP contribution in [0, 0.1) is 0 Å². The average Bonchev–Trinajstić information content (AvgIpc) is 3.35. The van der Waals surface area contributed by atoms with Gasteiger partial charge in [-0.1, -0.05) is 31.2 Å². The molecule has 0 saturated carbocycles. The fourth-order valence-corrected chi connectivity index (χ4v) is 4.18. The number of rotatable bonds is 6. The third-order valence-corrected chi connectivity index (χ3v) is 5.97. The molecule has 0 atom stereocenters. The van der Waals surface area contributed by atoms with Crippen LogP contribution in [0.3, 0.4) is 0 Å². The van der Waals surface area contributed by atoms with E-state index in [-0.39, 0.29) is 11.8 Å². The first-order valence-corrected chi connectivity index (χ1v) is 10.7. The second-order valence-electron chi connectivity index (χ2n) is 7.26. The Hall–Kier alpha value is -3.38. The van der Waals surface area contributed by atoms with E-state index in [9.17, 15) is 9.59 Å². The molecule has 1 aromatic heterocycles. The van der Waals surface area contributed by atoms with Crippen molar-refractivity contribution in [2.75, 3.05) is 29.2 Å². The highest BCUT2D eigenvalue weighted by Gasteiger charge is 2.40. The van der Waals surface area contributed by atoms with E-state index in [1.807, 2.05) is 79.0 Å². The smallest absolute Gasteiger partial charge is 0.282 e. The van der Waals surface area contributed by atoms with E-state index >= 15 is 0 Å². The van der Waals surface area contributed by atoms with E-state index in [0.29, 0.717) is 17.0 Å². The highest BCUT2D eigenvalue weighted by Crippen LogP contribution is 2.36. The molecule has 0 radical (unpaired) electrons. The Morgan fingerprint density at radius 1 is 0.967 bits per heavy atom. The van der Waals surface area contributed by atoms with Crippen molar-refractivity contribution in [3.63, 3.8) is 0 Å². The molecule has 5 nitrogen and oxygen atoms in total. The van der Waals surface area contributed by atoms with Gasteiger partial charge in [0.05, 0.1) is 11.3 Å². The summed E-state index contributed by atoms with van der Waals surface area (Å²) in [5.74, 6) is -0.662. The van der Waals surface area contributed by atoms with Gasteiger partial charge in [0.15, 0.2) is 0 Å². The number of imide groups is 1. The molecule has 0 saturated heterocycles. The number of hydrogen-bond donors (Lipinski definition) is 1. The summed E-state index contributed by atoms with van der Waals surface area (Å²) in [5, 5.41) is 5.12. The number of anilines is 3. The van der Waals surface area contributed by atoms with Gasteiger partial charge < -0.3 is 10.2 Å². The number of nitrogens with zero attached hydrogens (tertiary/aromatic N) is 2. The Morgan fingerprint density at radius 2 is 1.73 bits per heavy atom. The zero-order valence-corrected chi connectivity index (χ0v) is 18.0. The fraction of sp³-hybridized carbons (Fsp3) is 0.167. The zero-order chi connectivity index (χ0) is 21.3. The van der Waals surface area contributed by atoms with Crippen LogP contribution in [-0.4, -0.2) is 25.9 Å². The molecule has 0 bridgehead atoms. The van der Waals surface area contributed by atoms with Crippen LogP contribution in [0.5, 0.6) is 0 Å². The maximum absolute atomic E-state index is 13.4. The lowest BCUT2D eigenvalue weighted by molar-refractivity contribution is -0.120. The van der Waals surface area contributed by atoms with Crippen molar-refractivity contribution in [1.29, 1.82) is 0 Å². The molecule has 0 spiro atoms. The molecule has 2 amide bonds. The first-order valence-electron chi connectivity index (χ1n) is 9.80. The largest absolute Gasteiger partial charge is 0.378 e. The van der Waals surface area contributed by atoms with Gasteiger partial charge in [0, 0.05) is 30.3 Å². The molecular formula is C24H23N3O2S. The van der Waals surface area contributed by atoms with Crippen molar-refractivity contribution in [2.24, 2.45) is 0 Å². The molecule has 1 N–H and O–H groups in total. The molecule has 0 unspecified atom stereocenters. The number of aryl methyl sites for hydroxylation is 1.